The first kappa shape index (κ1) is 14.4. The molecule has 0 saturated carbocycles. The molecule has 0 fully saturated rings. The molecule has 19 heavy (non-hydrogen) atoms. The number of thioether (sulfide) groups is 1. The van der Waals surface area contributed by atoms with Gasteiger partial charge in [-0.25, -0.2) is 14.6 Å². The summed E-state index contributed by atoms with van der Waals surface area (Å²) in [6.45, 7) is 5.23. The number of rotatable bonds is 6. The summed E-state index contributed by atoms with van der Waals surface area (Å²) < 4.78 is 3.98. The third kappa shape index (κ3) is 3.51. The summed E-state index contributed by atoms with van der Waals surface area (Å²) in [5, 5.41) is 5.21. The zero-order valence-corrected chi connectivity index (χ0v) is 12.9. The molecule has 2 rings (SSSR count). The van der Waals surface area contributed by atoms with Crippen LogP contribution in [0.15, 0.2) is 17.7 Å². The first-order chi connectivity index (χ1) is 9.11. The standard InChI is InChI=1S/C12H18ClN5S/c1-9(2)6-18-11(15-8-16-18)7-19-12-14-5-10(4-13)17(12)3/h5,8-9H,4,6-7H2,1-3H3. The predicted molar refractivity (Wildman–Crippen MR) is 77.2 cm³/mol. The second kappa shape index (κ2) is 6.43. The lowest BCUT2D eigenvalue weighted by atomic mass is 10.2. The SMILES string of the molecule is CC(C)Cn1ncnc1CSc1ncc(CCl)n1C. The number of hydrogen-bond donors (Lipinski definition) is 0. The van der Waals surface area contributed by atoms with Gasteiger partial charge < -0.3 is 4.57 Å². The molecule has 2 aromatic heterocycles. The predicted octanol–water partition coefficient (Wildman–Crippen LogP) is 2.70. The van der Waals surface area contributed by atoms with Crippen LogP contribution < -0.4 is 0 Å². The maximum atomic E-state index is 5.83. The molecule has 2 aromatic rings. The zero-order valence-electron chi connectivity index (χ0n) is 11.4. The highest BCUT2D eigenvalue weighted by Crippen LogP contribution is 2.21. The van der Waals surface area contributed by atoms with E-state index in [0.717, 1.165) is 29.0 Å². The van der Waals surface area contributed by atoms with E-state index in [-0.39, 0.29) is 0 Å². The molecule has 0 aliphatic carbocycles. The maximum absolute atomic E-state index is 5.83. The lowest BCUT2D eigenvalue weighted by molar-refractivity contribution is 0.471. The van der Waals surface area contributed by atoms with Crippen LogP contribution in [-0.4, -0.2) is 24.3 Å². The summed E-state index contributed by atoms with van der Waals surface area (Å²) in [6, 6.07) is 0. The Balaban J connectivity index is 2.02. The van der Waals surface area contributed by atoms with Crippen LogP contribution in [-0.2, 0) is 25.2 Å². The van der Waals surface area contributed by atoms with E-state index >= 15 is 0 Å². The van der Waals surface area contributed by atoms with Gasteiger partial charge >= 0.3 is 0 Å². The van der Waals surface area contributed by atoms with Crippen LogP contribution in [0.4, 0.5) is 0 Å². The Kier molecular flexibility index (Phi) is 4.87. The molecule has 0 aliphatic rings. The van der Waals surface area contributed by atoms with Crippen LogP contribution in [0.2, 0.25) is 0 Å². The van der Waals surface area contributed by atoms with E-state index in [4.69, 9.17) is 11.6 Å². The van der Waals surface area contributed by atoms with E-state index in [0.29, 0.717) is 11.8 Å². The molecule has 5 nitrogen and oxygen atoms in total. The van der Waals surface area contributed by atoms with Gasteiger partial charge in [-0.15, -0.1) is 11.6 Å². The van der Waals surface area contributed by atoms with Crippen LogP contribution in [0.25, 0.3) is 0 Å². The van der Waals surface area contributed by atoms with E-state index < -0.39 is 0 Å². The molecule has 0 atom stereocenters. The minimum atomic E-state index is 0.480. The van der Waals surface area contributed by atoms with Crippen molar-refractivity contribution in [1.29, 1.82) is 0 Å². The quantitative estimate of drug-likeness (QED) is 0.608. The number of aromatic nitrogens is 5. The van der Waals surface area contributed by atoms with E-state index in [2.05, 4.69) is 28.9 Å². The largest absolute Gasteiger partial charge is 0.325 e. The monoisotopic (exact) mass is 299 g/mol. The number of nitrogens with zero attached hydrogens (tertiary/aromatic N) is 5. The zero-order chi connectivity index (χ0) is 13.8. The molecule has 2 heterocycles. The van der Waals surface area contributed by atoms with Crippen molar-refractivity contribution in [3.8, 4) is 0 Å². The third-order valence-corrected chi connectivity index (χ3v) is 4.06. The Morgan fingerprint density at radius 2 is 2.16 bits per heavy atom. The van der Waals surface area contributed by atoms with Gasteiger partial charge in [0.05, 0.1) is 23.5 Å². The summed E-state index contributed by atoms with van der Waals surface area (Å²) >= 11 is 7.48. The molecule has 7 heteroatoms. The van der Waals surface area contributed by atoms with Crippen molar-refractivity contribution in [2.24, 2.45) is 13.0 Å². The molecular formula is C12H18ClN5S. The van der Waals surface area contributed by atoms with Gasteiger partial charge in [0.15, 0.2) is 5.16 Å². The van der Waals surface area contributed by atoms with Crippen molar-refractivity contribution in [3.05, 3.63) is 24.0 Å². The molecule has 0 saturated heterocycles. The highest BCUT2D eigenvalue weighted by Gasteiger charge is 2.10. The van der Waals surface area contributed by atoms with Gasteiger partial charge in [-0.05, 0) is 5.92 Å². The van der Waals surface area contributed by atoms with Crippen molar-refractivity contribution < 1.29 is 0 Å². The third-order valence-electron chi connectivity index (χ3n) is 2.74. The smallest absolute Gasteiger partial charge is 0.168 e. The minimum Gasteiger partial charge on any atom is -0.325 e. The fourth-order valence-electron chi connectivity index (χ4n) is 1.71. The molecule has 0 unspecified atom stereocenters. The Labute approximate surface area is 122 Å². The molecule has 0 bridgehead atoms. The highest BCUT2D eigenvalue weighted by atomic mass is 35.5. The van der Waals surface area contributed by atoms with Crippen molar-refractivity contribution in [2.45, 2.75) is 37.2 Å². The van der Waals surface area contributed by atoms with Gasteiger partial charge in [0, 0.05) is 13.6 Å². The topological polar surface area (TPSA) is 48.5 Å². The first-order valence-electron chi connectivity index (χ1n) is 6.17. The summed E-state index contributed by atoms with van der Waals surface area (Å²) in [6.07, 6.45) is 3.43. The minimum absolute atomic E-state index is 0.480. The van der Waals surface area contributed by atoms with Gasteiger partial charge in [-0.3, -0.25) is 0 Å². The van der Waals surface area contributed by atoms with Gasteiger partial charge in [-0.1, -0.05) is 25.6 Å². The van der Waals surface area contributed by atoms with Crippen LogP contribution in [0.1, 0.15) is 25.4 Å². The second-order valence-electron chi connectivity index (χ2n) is 4.77. The summed E-state index contributed by atoms with van der Waals surface area (Å²) in [5.41, 5.74) is 1.02. The molecule has 0 aliphatic heterocycles. The Morgan fingerprint density at radius 1 is 1.37 bits per heavy atom. The van der Waals surface area contributed by atoms with Crippen molar-refractivity contribution in [1.82, 2.24) is 24.3 Å². The first-order valence-corrected chi connectivity index (χ1v) is 7.69. The lowest BCUT2D eigenvalue weighted by Gasteiger charge is -2.08. The van der Waals surface area contributed by atoms with Gasteiger partial charge in [0.1, 0.15) is 12.2 Å². The van der Waals surface area contributed by atoms with Crippen molar-refractivity contribution in [3.63, 3.8) is 0 Å². The number of alkyl halides is 1. The van der Waals surface area contributed by atoms with E-state index in [9.17, 15) is 0 Å². The van der Waals surface area contributed by atoms with Gasteiger partial charge in [-0.2, -0.15) is 5.10 Å². The number of hydrogen-bond acceptors (Lipinski definition) is 4. The molecular weight excluding hydrogens is 282 g/mol. The number of imidazole rings is 1. The van der Waals surface area contributed by atoms with Crippen LogP contribution in [0, 0.1) is 5.92 Å². The van der Waals surface area contributed by atoms with Crippen LogP contribution in [0.3, 0.4) is 0 Å². The van der Waals surface area contributed by atoms with Crippen molar-refractivity contribution >= 4 is 23.4 Å². The number of halogens is 1. The van der Waals surface area contributed by atoms with Gasteiger partial charge in [0.2, 0.25) is 0 Å². The molecule has 0 N–H and O–H groups in total. The van der Waals surface area contributed by atoms with Crippen molar-refractivity contribution in [2.75, 3.05) is 0 Å². The fraction of sp³-hybridized carbons (Fsp3) is 0.583. The Hall–Kier alpha value is -1.01. The van der Waals surface area contributed by atoms with E-state index in [1.807, 2.05) is 22.5 Å². The maximum Gasteiger partial charge on any atom is 0.168 e. The normalized spacial score (nSPS) is 11.4. The Morgan fingerprint density at radius 3 is 2.79 bits per heavy atom. The molecule has 0 amide bonds. The lowest BCUT2D eigenvalue weighted by Crippen LogP contribution is -2.09. The van der Waals surface area contributed by atoms with E-state index in [1.54, 1.807) is 18.1 Å². The van der Waals surface area contributed by atoms with E-state index in [1.165, 1.54) is 0 Å². The average molecular weight is 300 g/mol. The second-order valence-corrected chi connectivity index (χ2v) is 5.98. The average Bonchev–Trinajstić information content (AvgIpc) is 2.93. The molecule has 0 radical (unpaired) electrons. The van der Waals surface area contributed by atoms with Crippen LogP contribution in [0.5, 0.6) is 0 Å². The van der Waals surface area contributed by atoms with Gasteiger partial charge in [0.25, 0.3) is 0 Å². The van der Waals surface area contributed by atoms with Crippen LogP contribution >= 0.6 is 23.4 Å². The highest BCUT2D eigenvalue weighted by molar-refractivity contribution is 7.98. The molecule has 104 valence electrons. The fourth-order valence-corrected chi connectivity index (χ4v) is 2.88. The molecule has 0 aromatic carbocycles. The Bertz CT molecular complexity index is 534. The summed E-state index contributed by atoms with van der Waals surface area (Å²) in [7, 11) is 1.98. The summed E-state index contributed by atoms with van der Waals surface area (Å²) in [4.78, 5) is 8.67. The molecule has 0 spiro atoms. The summed E-state index contributed by atoms with van der Waals surface area (Å²) in [5.74, 6) is 2.78.